The largest absolute Gasteiger partial charge is 0.367 e. The normalized spacial score (nSPS) is 15.4. The number of anilines is 1. The lowest BCUT2D eigenvalue weighted by Gasteiger charge is -2.36. The highest BCUT2D eigenvalue weighted by Gasteiger charge is 2.20. The molecule has 0 unspecified atom stereocenters. The minimum absolute atomic E-state index is 0.0641. The third-order valence-corrected chi connectivity index (χ3v) is 3.14. The van der Waals surface area contributed by atoms with E-state index in [2.05, 4.69) is 0 Å². The monoisotopic (exact) mass is 247 g/mol. The molecule has 0 saturated carbocycles. The van der Waals surface area contributed by atoms with Crippen LogP contribution in [0.5, 0.6) is 0 Å². The Bertz CT molecular complexity index is 501. The fourth-order valence-electron chi connectivity index (χ4n) is 2.14. The van der Waals surface area contributed by atoms with Crippen molar-refractivity contribution in [2.75, 3.05) is 31.1 Å². The summed E-state index contributed by atoms with van der Waals surface area (Å²) in [6.07, 6.45) is 0. The Morgan fingerprint density at radius 1 is 1.33 bits per heavy atom. The molecular formula is C13H14FN3O. The van der Waals surface area contributed by atoms with Gasteiger partial charge in [-0.15, -0.1) is 0 Å². The van der Waals surface area contributed by atoms with E-state index in [0.29, 0.717) is 31.7 Å². The van der Waals surface area contributed by atoms with E-state index < -0.39 is 5.82 Å². The van der Waals surface area contributed by atoms with Gasteiger partial charge >= 0.3 is 0 Å². The summed E-state index contributed by atoms with van der Waals surface area (Å²) in [5.41, 5.74) is 1.08. The molecule has 1 heterocycles. The Balaban J connectivity index is 2.15. The standard InChI is InChI=1S/C13H14FN3O/c1-10(18)16-4-6-17(7-5-16)13-3-2-12(14)8-11(13)9-15/h2-3,8H,4-7H2,1H3. The summed E-state index contributed by atoms with van der Waals surface area (Å²) in [4.78, 5) is 15.0. The van der Waals surface area contributed by atoms with Crippen LogP contribution in [0, 0.1) is 17.1 Å². The second-order valence-electron chi connectivity index (χ2n) is 4.27. The predicted octanol–water partition coefficient (Wildman–Crippen LogP) is 1.37. The van der Waals surface area contributed by atoms with Crippen molar-refractivity contribution < 1.29 is 9.18 Å². The first-order valence-corrected chi connectivity index (χ1v) is 5.82. The molecule has 1 fully saturated rings. The van der Waals surface area contributed by atoms with Gasteiger partial charge in [-0.1, -0.05) is 0 Å². The molecule has 0 radical (unpaired) electrons. The zero-order valence-electron chi connectivity index (χ0n) is 10.2. The van der Waals surface area contributed by atoms with Gasteiger partial charge in [0.25, 0.3) is 0 Å². The van der Waals surface area contributed by atoms with Gasteiger partial charge in [0.15, 0.2) is 0 Å². The van der Waals surface area contributed by atoms with Crippen molar-refractivity contribution >= 4 is 11.6 Å². The van der Waals surface area contributed by atoms with Gasteiger partial charge in [0.1, 0.15) is 11.9 Å². The number of benzene rings is 1. The van der Waals surface area contributed by atoms with Crippen LogP contribution in [0.4, 0.5) is 10.1 Å². The van der Waals surface area contributed by atoms with Gasteiger partial charge in [0.2, 0.25) is 5.91 Å². The molecule has 2 rings (SSSR count). The Morgan fingerprint density at radius 3 is 2.56 bits per heavy atom. The molecular weight excluding hydrogens is 233 g/mol. The van der Waals surface area contributed by atoms with Crippen LogP contribution >= 0.6 is 0 Å². The van der Waals surface area contributed by atoms with Gasteiger partial charge in [-0.25, -0.2) is 4.39 Å². The minimum atomic E-state index is -0.405. The van der Waals surface area contributed by atoms with Crippen molar-refractivity contribution in [3.05, 3.63) is 29.6 Å². The number of piperazine rings is 1. The first-order chi connectivity index (χ1) is 8.61. The van der Waals surface area contributed by atoms with E-state index in [9.17, 15) is 9.18 Å². The van der Waals surface area contributed by atoms with Crippen LogP contribution in [-0.4, -0.2) is 37.0 Å². The van der Waals surface area contributed by atoms with E-state index in [1.165, 1.54) is 12.1 Å². The Morgan fingerprint density at radius 2 is 2.00 bits per heavy atom. The summed E-state index contributed by atoms with van der Waals surface area (Å²) in [6.45, 7) is 4.16. The first kappa shape index (κ1) is 12.4. The maximum Gasteiger partial charge on any atom is 0.219 e. The second-order valence-corrected chi connectivity index (χ2v) is 4.27. The van der Waals surface area contributed by atoms with Gasteiger partial charge < -0.3 is 9.80 Å². The van der Waals surface area contributed by atoms with Crippen LogP contribution in [0.2, 0.25) is 0 Å². The van der Waals surface area contributed by atoms with E-state index in [4.69, 9.17) is 5.26 Å². The highest BCUT2D eigenvalue weighted by molar-refractivity contribution is 5.73. The van der Waals surface area contributed by atoms with Crippen molar-refractivity contribution in [3.63, 3.8) is 0 Å². The summed E-state index contributed by atoms with van der Waals surface area (Å²) in [5, 5.41) is 9.01. The molecule has 1 aliphatic rings. The molecule has 1 aliphatic heterocycles. The van der Waals surface area contributed by atoms with Gasteiger partial charge in [0, 0.05) is 33.1 Å². The number of rotatable bonds is 1. The quantitative estimate of drug-likeness (QED) is 0.753. The average molecular weight is 247 g/mol. The fourth-order valence-corrected chi connectivity index (χ4v) is 2.14. The highest BCUT2D eigenvalue weighted by Crippen LogP contribution is 2.22. The van der Waals surface area contributed by atoms with Crippen LogP contribution in [0.25, 0.3) is 0 Å². The van der Waals surface area contributed by atoms with Gasteiger partial charge in [-0.2, -0.15) is 5.26 Å². The SMILES string of the molecule is CC(=O)N1CCN(c2ccc(F)cc2C#N)CC1. The number of nitrogens with zero attached hydrogens (tertiary/aromatic N) is 3. The van der Waals surface area contributed by atoms with Gasteiger partial charge in [-0.3, -0.25) is 4.79 Å². The Hall–Kier alpha value is -2.09. The maximum atomic E-state index is 13.0. The Kier molecular flexibility index (Phi) is 3.47. The molecule has 0 N–H and O–H groups in total. The number of hydrogen-bond acceptors (Lipinski definition) is 3. The first-order valence-electron chi connectivity index (χ1n) is 5.82. The highest BCUT2D eigenvalue weighted by atomic mass is 19.1. The zero-order valence-corrected chi connectivity index (χ0v) is 10.2. The van der Waals surface area contributed by atoms with Crippen LogP contribution in [0.3, 0.4) is 0 Å². The van der Waals surface area contributed by atoms with Gasteiger partial charge in [-0.05, 0) is 18.2 Å². The fraction of sp³-hybridized carbons (Fsp3) is 0.385. The minimum Gasteiger partial charge on any atom is -0.367 e. The van der Waals surface area contributed by atoms with Crippen molar-refractivity contribution in [3.8, 4) is 6.07 Å². The molecule has 0 aliphatic carbocycles. The summed E-state index contributed by atoms with van der Waals surface area (Å²) in [5.74, 6) is -0.341. The predicted molar refractivity (Wildman–Crippen MR) is 65.6 cm³/mol. The maximum absolute atomic E-state index is 13.0. The van der Waals surface area contributed by atoms with E-state index in [-0.39, 0.29) is 5.91 Å². The van der Waals surface area contributed by atoms with Crippen molar-refractivity contribution in [1.29, 1.82) is 5.26 Å². The van der Waals surface area contributed by atoms with E-state index in [1.54, 1.807) is 17.9 Å². The van der Waals surface area contributed by atoms with Crippen LogP contribution < -0.4 is 4.90 Å². The summed E-state index contributed by atoms with van der Waals surface area (Å²) < 4.78 is 13.0. The van der Waals surface area contributed by atoms with Crippen molar-refractivity contribution in [2.45, 2.75) is 6.92 Å². The molecule has 1 aromatic rings. The molecule has 0 bridgehead atoms. The lowest BCUT2D eigenvalue weighted by atomic mass is 10.1. The summed E-state index contributed by atoms with van der Waals surface area (Å²) in [7, 11) is 0. The van der Waals surface area contributed by atoms with Crippen LogP contribution in [0.1, 0.15) is 12.5 Å². The smallest absolute Gasteiger partial charge is 0.219 e. The Labute approximate surface area is 105 Å². The van der Waals surface area contributed by atoms with Gasteiger partial charge in [0.05, 0.1) is 11.3 Å². The molecule has 0 atom stereocenters. The second kappa shape index (κ2) is 5.05. The number of halogens is 1. The average Bonchev–Trinajstić information content (AvgIpc) is 2.38. The number of nitriles is 1. The van der Waals surface area contributed by atoms with Crippen LogP contribution in [0.15, 0.2) is 18.2 Å². The van der Waals surface area contributed by atoms with Crippen molar-refractivity contribution in [2.24, 2.45) is 0 Å². The molecule has 4 nitrogen and oxygen atoms in total. The third kappa shape index (κ3) is 2.43. The molecule has 0 spiro atoms. The lowest BCUT2D eigenvalue weighted by Crippen LogP contribution is -2.48. The van der Waals surface area contributed by atoms with E-state index in [0.717, 1.165) is 5.69 Å². The molecule has 18 heavy (non-hydrogen) atoms. The van der Waals surface area contributed by atoms with E-state index >= 15 is 0 Å². The van der Waals surface area contributed by atoms with E-state index in [1.807, 2.05) is 11.0 Å². The molecule has 1 amide bonds. The molecule has 1 aromatic carbocycles. The molecule has 94 valence electrons. The molecule has 1 saturated heterocycles. The zero-order chi connectivity index (χ0) is 13.1. The molecule has 5 heteroatoms. The topological polar surface area (TPSA) is 47.3 Å². The lowest BCUT2D eigenvalue weighted by molar-refractivity contribution is -0.129. The third-order valence-electron chi connectivity index (χ3n) is 3.14. The molecule has 0 aromatic heterocycles. The number of amides is 1. The summed E-state index contributed by atoms with van der Waals surface area (Å²) in [6, 6.07) is 6.23. The number of carbonyl (C=O) groups excluding carboxylic acids is 1. The number of hydrogen-bond donors (Lipinski definition) is 0. The number of carbonyl (C=O) groups is 1. The van der Waals surface area contributed by atoms with Crippen LogP contribution in [-0.2, 0) is 4.79 Å². The van der Waals surface area contributed by atoms with Crippen molar-refractivity contribution in [1.82, 2.24) is 4.90 Å². The summed E-state index contributed by atoms with van der Waals surface area (Å²) >= 11 is 0.